The van der Waals surface area contributed by atoms with Gasteiger partial charge in [-0.15, -0.1) is 0 Å². The normalized spacial score (nSPS) is 11.3. The average molecular weight is 437 g/mol. The first-order chi connectivity index (χ1) is 14.8. The predicted octanol–water partition coefficient (Wildman–Crippen LogP) is 3.78. The van der Waals surface area contributed by atoms with Gasteiger partial charge in [0.1, 0.15) is 16.8 Å². The first-order valence-electron chi connectivity index (χ1n) is 9.83. The van der Waals surface area contributed by atoms with Gasteiger partial charge in [0.2, 0.25) is 5.91 Å². The summed E-state index contributed by atoms with van der Waals surface area (Å²) in [6, 6.07) is 11.6. The van der Waals surface area contributed by atoms with E-state index < -0.39 is 0 Å². The van der Waals surface area contributed by atoms with Crippen LogP contribution >= 0.6 is 11.8 Å². The lowest BCUT2D eigenvalue weighted by atomic mass is 10.1. The Labute approximate surface area is 184 Å². The Kier molecular flexibility index (Phi) is 5.49. The number of aryl methyl sites for hydroxylation is 3. The smallest absolute Gasteiger partial charge is 0.278 e. The number of carbonyl (C=O) groups is 1. The maximum atomic E-state index is 13.1. The van der Waals surface area contributed by atoms with E-state index in [0.29, 0.717) is 21.9 Å². The van der Waals surface area contributed by atoms with Gasteiger partial charge in [0, 0.05) is 25.2 Å². The monoisotopic (exact) mass is 436 g/mol. The van der Waals surface area contributed by atoms with Crippen molar-refractivity contribution in [1.29, 1.82) is 0 Å². The van der Waals surface area contributed by atoms with Gasteiger partial charge in [-0.1, -0.05) is 23.9 Å². The third-order valence-electron chi connectivity index (χ3n) is 5.38. The second-order valence-electron chi connectivity index (χ2n) is 7.55. The van der Waals surface area contributed by atoms with Crippen molar-refractivity contribution in [3.05, 3.63) is 57.9 Å². The number of amides is 1. The SMILES string of the molecule is COc1ccc2c(c1)c1nc(SCC(=O)Nc3cc(C)ccc3C)n(C)c(=O)c1n2C. The number of rotatable bonds is 5. The molecule has 4 aromatic rings. The van der Waals surface area contributed by atoms with Gasteiger partial charge < -0.3 is 14.6 Å². The van der Waals surface area contributed by atoms with Crippen LogP contribution in [0, 0.1) is 13.8 Å². The fraction of sp³-hybridized carbons (Fsp3) is 0.261. The summed E-state index contributed by atoms with van der Waals surface area (Å²) in [4.78, 5) is 30.4. The summed E-state index contributed by atoms with van der Waals surface area (Å²) in [5.41, 5.74) is 4.75. The molecule has 0 bridgehead atoms. The van der Waals surface area contributed by atoms with Crippen LogP contribution in [0.4, 0.5) is 5.69 Å². The van der Waals surface area contributed by atoms with Gasteiger partial charge in [0.15, 0.2) is 5.16 Å². The number of aromatic nitrogens is 3. The summed E-state index contributed by atoms with van der Waals surface area (Å²) in [6.07, 6.45) is 0. The molecule has 2 aromatic carbocycles. The molecule has 0 fully saturated rings. The molecule has 2 heterocycles. The Bertz CT molecular complexity index is 1390. The van der Waals surface area contributed by atoms with Crippen molar-refractivity contribution in [3.63, 3.8) is 0 Å². The topological polar surface area (TPSA) is 78.2 Å². The summed E-state index contributed by atoms with van der Waals surface area (Å²) in [6.45, 7) is 3.94. The molecule has 0 radical (unpaired) electrons. The zero-order chi connectivity index (χ0) is 22.3. The minimum atomic E-state index is -0.153. The second-order valence-corrected chi connectivity index (χ2v) is 8.50. The molecule has 1 N–H and O–H groups in total. The van der Waals surface area contributed by atoms with Gasteiger partial charge in [-0.2, -0.15) is 0 Å². The fourth-order valence-corrected chi connectivity index (χ4v) is 4.39. The maximum Gasteiger partial charge on any atom is 0.278 e. The quantitative estimate of drug-likeness (QED) is 0.381. The highest BCUT2D eigenvalue weighted by Gasteiger charge is 2.18. The van der Waals surface area contributed by atoms with Gasteiger partial charge in [0.05, 0.1) is 18.4 Å². The number of nitrogens with zero attached hydrogens (tertiary/aromatic N) is 3. The summed E-state index contributed by atoms with van der Waals surface area (Å²) in [5, 5.41) is 4.28. The second kappa shape index (κ2) is 8.11. The number of nitrogens with one attached hydrogen (secondary N) is 1. The highest BCUT2D eigenvalue weighted by atomic mass is 32.2. The zero-order valence-corrected chi connectivity index (χ0v) is 19.0. The van der Waals surface area contributed by atoms with E-state index in [1.165, 1.54) is 16.3 Å². The minimum absolute atomic E-state index is 0.146. The molecule has 0 aliphatic rings. The Hall–Kier alpha value is -3.26. The van der Waals surface area contributed by atoms with Crippen LogP contribution in [0.2, 0.25) is 0 Å². The van der Waals surface area contributed by atoms with E-state index in [1.54, 1.807) is 14.2 Å². The molecule has 8 heteroatoms. The zero-order valence-electron chi connectivity index (χ0n) is 18.1. The standard InChI is InChI=1S/C23H24N4O3S/c1-13-6-7-14(2)17(10-13)24-19(28)12-31-23-25-20-16-11-15(30-5)8-9-18(16)26(3)21(20)22(29)27(23)4/h6-11H,12H2,1-5H3,(H,24,28). The van der Waals surface area contributed by atoms with Crippen LogP contribution in [-0.4, -0.2) is 32.9 Å². The van der Waals surface area contributed by atoms with Gasteiger partial charge in [0.25, 0.3) is 5.56 Å². The number of anilines is 1. The largest absolute Gasteiger partial charge is 0.497 e. The van der Waals surface area contributed by atoms with Crippen molar-refractivity contribution in [1.82, 2.24) is 14.1 Å². The Morgan fingerprint density at radius 1 is 1.13 bits per heavy atom. The molecule has 4 rings (SSSR count). The number of ether oxygens (including phenoxy) is 1. The van der Waals surface area contributed by atoms with Crippen molar-refractivity contribution < 1.29 is 9.53 Å². The van der Waals surface area contributed by atoms with Crippen LogP contribution in [0.3, 0.4) is 0 Å². The lowest BCUT2D eigenvalue weighted by Crippen LogP contribution is -2.22. The lowest BCUT2D eigenvalue weighted by molar-refractivity contribution is -0.113. The van der Waals surface area contributed by atoms with E-state index in [-0.39, 0.29) is 17.2 Å². The van der Waals surface area contributed by atoms with E-state index in [2.05, 4.69) is 5.32 Å². The van der Waals surface area contributed by atoms with Crippen molar-refractivity contribution in [3.8, 4) is 5.75 Å². The molecule has 0 spiro atoms. The van der Waals surface area contributed by atoms with E-state index in [4.69, 9.17) is 9.72 Å². The van der Waals surface area contributed by atoms with Crippen LogP contribution < -0.4 is 15.6 Å². The highest BCUT2D eigenvalue weighted by molar-refractivity contribution is 7.99. The van der Waals surface area contributed by atoms with E-state index in [9.17, 15) is 9.59 Å². The van der Waals surface area contributed by atoms with Crippen LogP contribution in [0.1, 0.15) is 11.1 Å². The van der Waals surface area contributed by atoms with E-state index >= 15 is 0 Å². The molecule has 7 nitrogen and oxygen atoms in total. The summed E-state index contributed by atoms with van der Waals surface area (Å²) < 4.78 is 8.68. The number of carbonyl (C=O) groups excluding carboxylic acids is 1. The number of benzene rings is 2. The summed E-state index contributed by atoms with van der Waals surface area (Å²) in [7, 11) is 5.14. The van der Waals surface area contributed by atoms with Crippen LogP contribution in [0.15, 0.2) is 46.3 Å². The number of fused-ring (bicyclic) bond motifs is 3. The fourth-order valence-electron chi connectivity index (χ4n) is 3.62. The molecule has 0 aliphatic heterocycles. The third-order valence-corrected chi connectivity index (χ3v) is 6.41. The van der Waals surface area contributed by atoms with Crippen LogP contribution in [-0.2, 0) is 18.9 Å². The summed E-state index contributed by atoms with van der Waals surface area (Å²) in [5.74, 6) is 0.699. The maximum absolute atomic E-state index is 13.1. The molecule has 160 valence electrons. The average Bonchev–Trinajstić information content (AvgIpc) is 3.03. The third kappa shape index (κ3) is 3.79. The van der Waals surface area contributed by atoms with E-state index in [1.807, 2.05) is 61.9 Å². The van der Waals surface area contributed by atoms with Crippen LogP contribution in [0.25, 0.3) is 21.9 Å². The molecule has 0 saturated heterocycles. The van der Waals surface area contributed by atoms with Gasteiger partial charge in [-0.05, 0) is 49.2 Å². The van der Waals surface area contributed by atoms with Crippen LogP contribution in [0.5, 0.6) is 5.75 Å². The Balaban J connectivity index is 1.67. The van der Waals surface area contributed by atoms with Gasteiger partial charge >= 0.3 is 0 Å². The Morgan fingerprint density at radius 3 is 2.65 bits per heavy atom. The number of hydrogen-bond acceptors (Lipinski definition) is 5. The first kappa shape index (κ1) is 21.0. The first-order valence-corrected chi connectivity index (χ1v) is 10.8. The molecule has 0 unspecified atom stereocenters. The van der Waals surface area contributed by atoms with Gasteiger partial charge in [-0.25, -0.2) is 4.98 Å². The van der Waals surface area contributed by atoms with Crippen molar-refractivity contribution in [2.24, 2.45) is 14.1 Å². The highest BCUT2D eigenvalue weighted by Crippen LogP contribution is 2.29. The molecular formula is C23H24N4O3S. The molecule has 0 saturated carbocycles. The molecular weight excluding hydrogens is 412 g/mol. The predicted molar refractivity (Wildman–Crippen MR) is 125 cm³/mol. The van der Waals surface area contributed by atoms with Crippen molar-refractivity contribution in [2.75, 3.05) is 18.2 Å². The van der Waals surface area contributed by atoms with Crippen molar-refractivity contribution >= 4 is 45.3 Å². The number of methoxy groups -OCH3 is 1. The molecule has 31 heavy (non-hydrogen) atoms. The van der Waals surface area contributed by atoms with E-state index in [0.717, 1.165) is 27.7 Å². The van der Waals surface area contributed by atoms with Crippen molar-refractivity contribution in [2.45, 2.75) is 19.0 Å². The number of hydrogen-bond donors (Lipinski definition) is 1. The minimum Gasteiger partial charge on any atom is -0.497 e. The number of thioether (sulfide) groups is 1. The molecule has 2 aromatic heterocycles. The molecule has 0 aliphatic carbocycles. The molecule has 0 atom stereocenters. The summed E-state index contributed by atoms with van der Waals surface area (Å²) >= 11 is 1.24. The van der Waals surface area contributed by atoms with Gasteiger partial charge in [-0.3, -0.25) is 14.2 Å². The molecule has 1 amide bonds. The lowest BCUT2D eigenvalue weighted by Gasteiger charge is -2.10. The Morgan fingerprint density at radius 2 is 1.90 bits per heavy atom.